The van der Waals surface area contributed by atoms with Gasteiger partial charge in [-0.25, -0.2) is 4.39 Å². The lowest BCUT2D eigenvalue weighted by atomic mass is 9.96. The standard InChI is InChI=1S/C30H39FO14/c1-15(32)36-14-21-23(38-16(2)33)24(39-17(3)34)26(40-18(4)35)29(42-21)43-22-20(12-31)41-28(27-25(22)44-30(5,6)45-27)37-13-19-10-8-7-9-11-19/h7-11,20-29H,12-14H2,1-6H3/t20-,21-,22-,23+,24+,25+,26-,27+,28+,29+/m1/s1. The Labute approximate surface area is 259 Å². The fraction of sp³-hybridized carbons (Fsp3) is 0.667. The van der Waals surface area contributed by atoms with Crippen molar-refractivity contribution in [3.8, 4) is 0 Å². The molecule has 0 aliphatic carbocycles. The monoisotopic (exact) mass is 642 g/mol. The topological polar surface area (TPSA) is 161 Å². The Kier molecular flexibility index (Phi) is 11.5. The number of ether oxygens (including phenoxy) is 10. The number of rotatable bonds is 11. The molecule has 0 N–H and O–H groups in total. The van der Waals surface area contributed by atoms with Gasteiger partial charge in [-0.1, -0.05) is 30.3 Å². The largest absolute Gasteiger partial charge is 0.463 e. The fourth-order valence-electron chi connectivity index (χ4n) is 5.45. The Balaban J connectivity index is 1.65. The molecule has 0 saturated carbocycles. The molecule has 15 heteroatoms. The zero-order valence-electron chi connectivity index (χ0n) is 25.9. The van der Waals surface area contributed by atoms with E-state index in [-0.39, 0.29) is 6.61 Å². The van der Waals surface area contributed by atoms with Gasteiger partial charge in [-0.05, 0) is 19.4 Å². The number of alkyl halides is 1. The van der Waals surface area contributed by atoms with Gasteiger partial charge in [0.25, 0.3) is 0 Å². The molecule has 3 saturated heterocycles. The van der Waals surface area contributed by atoms with Gasteiger partial charge in [0, 0.05) is 27.7 Å². The highest BCUT2D eigenvalue weighted by Gasteiger charge is 2.59. The van der Waals surface area contributed by atoms with E-state index in [2.05, 4.69) is 0 Å². The van der Waals surface area contributed by atoms with E-state index in [4.69, 9.17) is 47.4 Å². The number of esters is 4. The third-order valence-electron chi connectivity index (χ3n) is 7.08. The van der Waals surface area contributed by atoms with Crippen molar-refractivity contribution in [2.24, 2.45) is 0 Å². The smallest absolute Gasteiger partial charge is 0.303 e. The Morgan fingerprint density at radius 1 is 0.733 bits per heavy atom. The number of benzene rings is 1. The van der Waals surface area contributed by atoms with Gasteiger partial charge in [-0.2, -0.15) is 0 Å². The molecule has 3 heterocycles. The third-order valence-corrected chi connectivity index (χ3v) is 7.08. The molecule has 1 aromatic rings. The second-order valence-corrected chi connectivity index (χ2v) is 11.2. The van der Waals surface area contributed by atoms with E-state index in [9.17, 15) is 23.6 Å². The van der Waals surface area contributed by atoms with Crippen molar-refractivity contribution in [2.45, 2.75) is 115 Å². The Bertz CT molecular complexity index is 1190. The van der Waals surface area contributed by atoms with E-state index in [1.54, 1.807) is 13.8 Å². The summed E-state index contributed by atoms with van der Waals surface area (Å²) in [7, 11) is 0. The summed E-state index contributed by atoms with van der Waals surface area (Å²) in [6, 6.07) is 9.28. The molecule has 0 radical (unpaired) electrons. The summed E-state index contributed by atoms with van der Waals surface area (Å²) in [6.07, 6.45) is -12.6. The van der Waals surface area contributed by atoms with Crippen molar-refractivity contribution in [1.29, 1.82) is 0 Å². The maximum atomic E-state index is 14.6. The van der Waals surface area contributed by atoms with E-state index < -0.39 is 104 Å². The van der Waals surface area contributed by atoms with E-state index in [1.165, 1.54) is 0 Å². The molecule has 3 fully saturated rings. The van der Waals surface area contributed by atoms with Gasteiger partial charge in [0.05, 0.1) is 6.61 Å². The normalized spacial score (nSPS) is 33.8. The van der Waals surface area contributed by atoms with Gasteiger partial charge < -0.3 is 47.4 Å². The summed E-state index contributed by atoms with van der Waals surface area (Å²) in [6.45, 7) is 6.42. The minimum atomic E-state index is -1.58. The summed E-state index contributed by atoms with van der Waals surface area (Å²) in [5, 5.41) is 0. The summed E-state index contributed by atoms with van der Waals surface area (Å²) in [4.78, 5) is 48.1. The molecule has 0 bridgehead atoms. The van der Waals surface area contributed by atoms with Crippen LogP contribution in [0.1, 0.15) is 47.1 Å². The summed E-state index contributed by atoms with van der Waals surface area (Å²) in [5.41, 5.74) is 0.850. The van der Waals surface area contributed by atoms with Gasteiger partial charge in [0.2, 0.25) is 0 Å². The second-order valence-electron chi connectivity index (χ2n) is 11.2. The highest BCUT2D eigenvalue weighted by molar-refractivity contribution is 5.68. The van der Waals surface area contributed by atoms with Crippen LogP contribution in [0.25, 0.3) is 0 Å². The van der Waals surface area contributed by atoms with Crippen LogP contribution in [-0.4, -0.2) is 104 Å². The zero-order chi connectivity index (χ0) is 32.9. The maximum absolute atomic E-state index is 14.6. The molecule has 14 nitrogen and oxygen atoms in total. The second kappa shape index (κ2) is 14.9. The molecule has 0 unspecified atom stereocenters. The predicted octanol–water partition coefficient (Wildman–Crippen LogP) is 1.89. The number of carbonyl (C=O) groups excluding carboxylic acids is 4. The minimum absolute atomic E-state index is 0.142. The van der Waals surface area contributed by atoms with E-state index in [1.807, 2.05) is 30.3 Å². The van der Waals surface area contributed by atoms with E-state index >= 15 is 0 Å². The van der Waals surface area contributed by atoms with Crippen LogP contribution in [0.15, 0.2) is 30.3 Å². The average molecular weight is 643 g/mol. The van der Waals surface area contributed by atoms with Crippen molar-refractivity contribution < 1.29 is 70.9 Å². The first-order valence-electron chi connectivity index (χ1n) is 14.5. The molecule has 3 aliphatic rings. The minimum Gasteiger partial charge on any atom is -0.463 e. The van der Waals surface area contributed by atoms with Crippen LogP contribution in [0, 0.1) is 0 Å². The van der Waals surface area contributed by atoms with Gasteiger partial charge in [0.15, 0.2) is 36.7 Å². The van der Waals surface area contributed by atoms with E-state index in [0.29, 0.717) is 0 Å². The molecule has 3 aliphatic heterocycles. The van der Waals surface area contributed by atoms with Gasteiger partial charge >= 0.3 is 23.9 Å². The Hall–Kier alpha value is -3.21. The van der Waals surface area contributed by atoms with Crippen LogP contribution in [0.5, 0.6) is 0 Å². The maximum Gasteiger partial charge on any atom is 0.303 e. The molecule has 1 aromatic carbocycles. The highest BCUT2D eigenvalue weighted by atomic mass is 19.1. The first kappa shape index (κ1) is 34.7. The molecular formula is C30H39FO14. The van der Waals surface area contributed by atoms with Crippen molar-refractivity contribution >= 4 is 23.9 Å². The SMILES string of the molecule is CC(=O)OC[C@H]1O[C@@H](O[C@H]2[C@@H]3OC(C)(C)O[C@@H]3[C@@H](OCc3ccccc3)O[C@@H]2CF)[C@H](OC(C)=O)[C@@H](OC(C)=O)[C@H]1OC(C)=O. The molecular weight excluding hydrogens is 603 g/mol. The number of hydrogen-bond acceptors (Lipinski definition) is 14. The number of carbonyl (C=O) groups is 4. The van der Waals surface area contributed by atoms with E-state index in [0.717, 1.165) is 33.3 Å². The van der Waals surface area contributed by atoms with Crippen molar-refractivity contribution in [3.63, 3.8) is 0 Å². The number of halogens is 1. The number of hydrogen-bond donors (Lipinski definition) is 0. The molecule has 0 spiro atoms. The molecule has 0 aromatic heterocycles. The molecule has 250 valence electrons. The Morgan fingerprint density at radius 2 is 1.31 bits per heavy atom. The fourth-order valence-corrected chi connectivity index (χ4v) is 5.45. The zero-order valence-corrected chi connectivity index (χ0v) is 25.9. The summed E-state index contributed by atoms with van der Waals surface area (Å²) in [5.74, 6) is -4.23. The molecule has 45 heavy (non-hydrogen) atoms. The summed E-state index contributed by atoms with van der Waals surface area (Å²) < 4.78 is 72.7. The van der Waals surface area contributed by atoms with Gasteiger partial charge in [0.1, 0.15) is 43.8 Å². The first-order chi connectivity index (χ1) is 21.3. The molecule has 0 amide bonds. The lowest BCUT2D eigenvalue weighted by Gasteiger charge is -2.47. The first-order valence-corrected chi connectivity index (χ1v) is 14.5. The van der Waals surface area contributed by atoms with Crippen molar-refractivity contribution in [1.82, 2.24) is 0 Å². The third kappa shape index (κ3) is 8.95. The Morgan fingerprint density at radius 3 is 1.91 bits per heavy atom. The summed E-state index contributed by atoms with van der Waals surface area (Å²) >= 11 is 0. The van der Waals surface area contributed by atoms with Gasteiger partial charge in [-0.15, -0.1) is 0 Å². The van der Waals surface area contributed by atoms with Crippen LogP contribution in [0.2, 0.25) is 0 Å². The number of fused-ring (bicyclic) bond motifs is 1. The van der Waals surface area contributed by atoms with Crippen molar-refractivity contribution in [2.75, 3.05) is 13.3 Å². The van der Waals surface area contributed by atoms with Crippen LogP contribution >= 0.6 is 0 Å². The average Bonchev–Trinajstić information content (AvgIpc) is 3.29. The van der Waals surface area contributed by atoms with Crippen LogP contribution in [0.3, 0.4) is 0 Å². The quantitative estimate of drug-likeness (QED) is 0.254. The molecule has 4 rings (SSSR count). The lowest BCUT2D eigenvalue weighted by molar-refractivity contribution is -0.350. The van der Waals surface area contributed by atoms with Crippen molar-refractivity contribution in [3.05, 3.63) is 35.9 Å². The van der Waals surface area contributed by atoms with Crippen LogP contribution in [-0.2, 0) is 73.2 Å². The lowest BCUT2D eigenvalue weighted by Crippen LogP contribution is -2.66. The molecule has 10 atom stereocenters. The predicted molar refractivity (Wildman–Crippen MR) is 147 cm³/mol. The van der Waals surface area contributed by atoms with Crippen LogP contribution < -0.4 is 0 Å². The van der Waals surface area contributed by atoms with Gasteiger partial charge in [-0.3, -0.25) is 19.2 Å². The highest BCUT2D eigenvalue weighted by Crippen LogP contribution is 2.41. The van der Waals surface area contributed by atoms with Crippen LogP contribution in [0.4, 0.5) is 4.39 Å².